The molecule has 3 heterocycles. The zero-order valence-electron chi connectivity index (χ0n) is 16.9. The van der Waals surface area contributed by atoms with E-state index in [0.717, 1.165) is 12.8 Å². The van der Waals surface area contributed by atoms with E-state index in [9.17, 15) is 13.2 Å². The molecule has 1 aliphatic rings. The number of anilines is 3. The topological polar surface area (TPSA) is 119 Å². The molecule has 4 rings (SSSR count). The minimum Gasteiger partial charge on any atom is -0.395 e. The Kier molecular flexibility index (Phi) is 5.29. The first-order valence-corrected chi connectivity index (χ1v) is 9.73. The molecule has 3 N–H and O–H groups in total. The van der Waals surface area contributed by atoms with Gasteiger partial charge in [-0.3, -0.25) is 0 Å². The lowest BCUT2D eigenvalue weighted by Crippen LogP contribution is -2.30. The summed E-state index contributed by atoms with van der Waals surface area (Å²) in [5.74, 6) is 0.139. The molecule has 3 aromatic heterocycles. The summed E-state index contributed by atoms with van der Waals surface area (Å²) in [5, 5.41) is 27.5. The lowest BCUT2D eigenvalue weighted by molar-refractivity contribution is -0.137. The Bertz CT molecular complexity index is 1040. The maximum absolute atomic E-state index is 13.3. The van der Waals surface area contributed by atoms with Gasteiger partial charge in [-0.15, -0.1) is 0 Å². The van der Waals surface area contributed by atoms with Crippen molar-refractivity contribution >= 4 is 17.6 Å². The molecular formula is C18H22F3N9O. The van der Waals surface area contributed by atoms with Crippen LogP contribution in [0.15, 0.2) is 24.7 Å². The number of aromatic nitrogens is 7. The van der Waals surface area contributed by atoms with Gasteiger partial charge in [0.2, 0.25) is 5.95 Å². The molecule has 1 saturated carbocycles. The van der Waals surface area contributed by atoms with Crippen molar-refractivity contribution in [2.24, 2.45) is 0 Å². The minimum atomic E-state index is -4.62. The number of aliphatic hydroxyl groups is 1. The number of halogens is 3. The van der Waals surface area contributed by atoms with Crippen LogP contribution >= 0.6 is 0 Å². The fraction of sp³-hybridized carbons (Fsp3) is 0.500. The molecule has 0 saturated heterocycles. The molecule has 0 bridgehead atoms. The summed E-state index contributed by atoms with van der Waals surface area (Å²) in [7, 11) is 0. The zero-order chi connectivity index (χ0) is 22.2. The van der Waals surface area contributed by atoms with E-state index in [1.165, 1.54) is 0 Å². The molecule has 0 atom stereocenters. The number of aliphatic hydroxyl groups excluding tert-OH is 1. The highest BCUT2D eigenvalue weighted by Crippen LogP contribution is 2.39. The van der Waals surface area contributed by atoms with Crippen LogP contribution in [0.3, 0.4) is 0 Å². The molecule has 0 aliphatic heterocycles. The van der Waals surface area contributed by atoms with E-state index < -0.39 is 23.1 Å². The van der Waals surface area contributed by atoms with E-state index in [1.54, 1.807) is 27.9 Å². The third-order valence-corrected chi connectivity index (χ3v) is 4.91. The molecule has 1 fully saturated rings. The summed E-state index contributed by atoms with van der Waals surface area (Å²) < 4.78 is 41.5. The van der Waals surface area contributed by atoms with E-state index in [2.05, 4.69) is 30.8 Å². The molecule has 10 nitrogen and oxygen atoms in total. The highest BCUT2D eigenvalue weighted by Gasteiger charge is 2.36. The lowest BCUT2D eigenvalue weighted by Gasteiger charge is -2.20. The van der Waals surface area contributed by atoms with Crippen molar-refractivity contribution in [1.29, 1.82) is 0 Å². The second-order valence-electron chi connectivity index (χ2n) is 7.70. The van der Waals surface area contributed by atoms with Crippen LogP contribution in [0.1, 0.15) is 44.0 Å². The highest BCUT2D eigenvalue weighted by atomic mass is 19.4. The monoisotopic (exact) mass is 437 g/mol. The summed E-state index contributed by atoms with van der Waals surface area (Å²) in [5.41, 5.74) is -0.966. The lowest BCUT2D eigenvalue weighted by atomic mass is 10.0. The van der Waals surface area contributed by atoms with Crippen molar-refractivity contribution in [1.82, 2.24) is 34.7 Å². The van der Waals surface area contributed by atoms with Crippen LogP contribution < -0.4 is 10.6 Å². The van der Waals surface area contributed by atoms with E-state index in [4.69, 9.17) is 10.2 Å². The Morgan fingerprint density at radius 1 is 1.19 bits per heavy atom. The summed E-state index contributed by atoms with van der Waals surface area (Å²) in [6.07, 6.45) is 1.15. The van der Waals surface area contributed by atoms with Crippen molar-refractivity contribution in [3.8, 4) is 0 Å². The van der Waals surface area contributed by atoms with E-state index >= 15 is 0 Å². The normalized spacial score (nSPS) is 14.6. The van der Waals surface area contributed by atoms with E-state index in [-0.39, 0.29) is 25.1 Å². The Morgan fingerprint density at radius 2 is 1.90 bits per heavy atom. The first-order valence-electron chi connectivity index (χ1n) is 9.73. The van der Waals surface area contributed by atoms with Crippen LogP contribution in [-0.2, 0) is 11.7 Å². The maximum atomic E-state index is 13.3. The van der Waals surface area contributed by atoms with Gasteiger partial charge in [-0.25, -0.2) is 9.67 Å². The second kappa shape index (κ2) is 7.80. The maximum Gasteiger partial charge on any atom is 0.421 e. The van der Waals surface area contributed by atoms with Crippen LogP contribution in [0.2, 0.25) is 0 Å². The molecule has 3 aromatic rings. The molecular weight excluding hydrogens is 415 g/mol. The number of hydrogen-bond donors (Lipinski definition) is 3. The van der Waals surface area contributed by atoms with Gasteiger partial charge in [-0.05, 0) is 26.7 Å². The molecule has 0 aromatic carbocycles. The van der Waals surface area contributed by atoms with Crippen LogP contribution in [-0.4, -0.2) is 53.0 Å². The van der Waals surface area contributed by atoms with Crippen LogP contribution in [0.4, 0.5) is 30.8 Å². The smallest absolute Gasteiger partial charge is 0.395 e. The largest absolute Gasteiger partial charge is 0.421 e. The third kappa shape index (κ3) is 4.31. The van der Waals surface area contributed by atoms with Gasteiger partial charge in [0.25, 0.3) is 0 Å². The summed E-state index contributed by atoms with van der Waals surface area (Å²) in [6, 6.07) is 1.99. The van der Waals surface area contributed by atoms with Crippen molar-refractivity contribution in [3.63, 3.8) is 0 Å². The van der Waals surface area contributed by atoms with Crippen LogP contribution in [0, 0.1) is 0 Å². The summed E-state index contributed by atoms with van der Waals surface area (Å²) in [4.78, 5) is 9.36. The standard InChI is InChI=1S/C18H22F3N9O/c1-17(2,30-24-5-6-25-30)13-9-14(29(28-13)11-3-4-11)26-16-23-10-12(18(19,20)21)15(27-16)22-7-8-31/h5-6,9-11,31H,3-4,7-8H2,1-2H3,(H2,22,23,26,27). The predicted molar refractivity (Wildman–Crippen MR) is 105 cm³/mol. The Balaban J connectivity index is 1.67. The fourth-order valence-corrected chi connectivity index (χ4v) is 3.06. The second-order valence-corrected chi connectivity index (χ2v) is 7.70. The van der Waals surface area contributed by atoms with Crippen molar-refractivity contribution < 1.29 is 18.3 Å². The predicted octanol–water partition coefficient (Wildman–Crippen LogP) is 2.55. The SMILES string of the molecule is CC(C)(c1cc(Nc2ncc(C(F)(F)F)c(NCCO)n2)n(C2CC2)n1)n1nccn1. The van der Waals surface area contributed by atoms with Crippen molar-refractivity contribution in [3.05, 3.63) is 35.9 Å². The molecule has 166 valence electrons. The average molecular weight is 437 g/mol. The number of nitrogens with one attached hydrogen (secondary N) is 2. The van der Waals surface area contributed by atoms with E-state index in [0.29, 0.717) is 17.7 Å². The minimum absolute atomic E-state index is 0.0168. The molecule has 0 radical (unpaired) electrons. The summed E-state index contributed by atoms with van der Waals surface area (Å²) >= 11 is 0. The van der Waals surface area contributed by atoms with Crippen molar-refractivity contribution in [2.45, 2.75) is 44.4 Å². The number of rotatable bonds is 8. The number of nitrogens with zero attached hydrogens (tertiary/aromatic N) is 7. The molecule has 0 spiro atoms. The van der Waals surface area contributed by atoms with E-state index in [1.807, 2.05) is 13.8 Å². The average Bonchev–Trinajstić information content (AvgIpc) is 3.22. The Hall–Kier alpha value is -3.22. The third-order valence-electron chi connectivity index (χ3n) is 4.91. The fourth-order valence-electron chi connectivity index (χ4n) is 3.06. The van der Waals surface area contributed by atoms with Crippen LogP contribution in [0.5, 0.6) is 0 Å². The van der Waals surface area contributed by atoms with Crippen molar-refractivity contribution in [2.75, 3.05) is 23.8 Å². The first kappa shape index (κ1) is 21.0. The first-order chi connectivity index (χ1) is 14.7. The molecule has 31 heavy (non-hydrogen) atoms. The zero-order valence-corrected chi connectivity index (χ0v) is 16.9. The van der Waals surface area contributed by atoms with Crippen LogP contribution in [0.25, 0.3) is 0 Å². The van der Waals surface area contributed by atoms with Gasteiger partial charge in [-0.2, -0.15) is 38.2 Å². The number of hydrogen-bond acceptors (Lipinski definition) is 8. The molecule has 0 amide bonds. The number of alkyl halides is 3. The highest BCUT2D eigenvalue weighted by molar-refractivity contribution is 5.55. The Labute approximate surface area is 175 Å². The molecule has 1 aliphatic carbocycles. The van der Waals surface area contributed by atoms with Gasteiger partial charge in [0.15, 0.2) is 0 Å². The molecule has 0 unspecified atom stereocenters. The van der Waals surface area contributed by atoms with Gasteiger partial charge in [-0.1, -0.05) is 0 Å². The quantitative estimate of drug-likeness (QED) is 0.492. The Morgan fingerprint density at radius 3 is 2.52 bits per heavy atom. The van der Waals surface area contributed by atoms with Gasteiger partial charge in [0.05, 0.1) is 30.7 Å². The summed E-state index contributed by atoms with van der Waals surface area (Å²) in [6.45, 7) is 3.43. The van der Waals surface area contributed by atoms with Gasteiger partial charge in [0, 0.05) is 18.8 Å². The molecule has 13 heteroatoms. The van der Waals surface area contributed by atoms with Gasteiger partial charge < -0.3 is 15.7 Å². The van der Waals surface area contributed by atoms with Gasteiger partial charge in [0.1, 0.15) is 22.7 Å². The van der Waals surface area contributed by atoms with Gasteiger partial charge >= 0.3 is 6.18 Å².